The van der Waals surface area contributed by atoms with E-state index in [-0.39, 0.29) is 0 Å². The average molecular weight is 237 g/mol. The number of likely N-dealkylation sites (tertiary alicyclic amines) is 1. The fourth-order valence-corrected chi connectivity index (χ4v) is 3.50. The van der Waals surface area contributed by atoms with E-state index in [2.05, 4.69) is 22.0 Å². The highest BCUT2D eigenvalue weighted by atomic mass is 15.3. The first kappa shape index (κ1) is 11.9. The van der Waals surface area contributed by atoms with Crippen molar-refractivity contribution in [3.05, 3.63) is 0 Å². The molecule has 1 aliphatic carbocycles. The van der Waals surface area contributed by atoms with Gasteiger partial charge in [-0.15, -0.1) is 0 Å². The lowest BCUT2D eigenvalue weighted by Gasteiger charge is -2.27. The first-order valence-electron chi connectivity index (χ1n) is 7.58. The maximum atomic E-state index is 3.68. The lowest BCUT2D eigenvalue weighted by Crippen LogP contribution is -2.40. The second-order valence-corrected chi connectivity index (χ2v) is 6.05. The molecule has 0 bridgehead atoms. The van der Waals surface area contributed by atoms with Gasteiger partial charge in [0.25, 0.3) is 0 Å². The van der Waals surface area contributed by atoms with Crippen LogP contribution >= 0.6 is 0 Å². The molecular weight excluding hydrogens is 210 g/mol. The van der Waals surface area contributed by atoms with Crippen molar-refractivity contribution in [1.82, 2.24) is 15.1 Å². The number of hydrogen-bond donors (Lipinski definition) is 1. The predicted molar refractivity (Wildman–Crippen MR) is 71.3 cm³/mol. The van der Waals surface area contributed by atoms with Crippen LogP contribution in [0.1, 0.15) is 39.0 Å². The van der Waals surface area contributed by atoms with Crippen LogP contribution in [-0.2, 0) is 0 Å². The van der Waals surface area contributed by atoms with Gasteiger partial charge in [-0.05, 0) is 32.1 Å². The predicted octanol–water partition coefficient (Wildman–Crippen LogP) is 1.30. The van der Waals surface area contributed by atoms with Crippen LogP contribution in [0.2, 0.25) is 0 Å². The molecule has 3 nitrogen and oxygen atoms in total. The van der Waals surface area contributed by atoms with Crippen LogP contribution in [0.3, 0.4) is 0 Å². The van der Waals surface area contributed by atoms with Crippen molar-refractivity contribution in [2.24, 2.45) is 0 Å². The summed E-state index contributed by atoms with van der Waals surface area (Å²) >= 11 is 0. The van der Waals surface area contributed by atoms with Gasteiger partial charge in [0.15, 0.2) is 0 Å². The van der Waals surface area contributed by atoms with Crippen LogP contribution in [0, 0.1) is 0 Å². The summed E-state index contributed by atoms with van der Waals surface area (Å²) in [7, 11) is 0. The third kappa shape index (κ3) is 2.83. The van der Waals surface area contributed by atoms with Crippen LogP contribution in [-0.4, -0.2) is 60.6 Å². The van der Waals surface area contributed by atoms with Crippen molar-refractivity contribution in [1.29, 1.82) is 0 Å². The van der Waals surface area contributed by atoms with E-state index in [1.807, 2.05) is 0 Å². The van der Waals surface area contributed by atoms with Gasteiger partial charge in [0, 0.05) is 50.8 Å². The summed E-state index contributed by atoms with van der Waals surface area (Å²) in [5.41, 5.74) is 0. The van der Waals surface area contributed by atoms with Crippen LogP contribution in [0.15, 0.2) is 0 Å². The Bertz CT molecular complexity index is 252. The highest BCUT2D eigenvalue weighted by Crippen LogP contribution is 2.31. The zero-order valence-electron chi connectivity index (χ0n) is 11.2. The van der Waals surface area contributed by atoms with Gasteiger partial charge in [0.05, 0.1) is 0 Å². The topological polar surface area (TPSA) is 18.5 Å². The highest BCUT2D eigenvalue weighted by Gasteiger charge is 2.36. The third-order valence-corrected chi connectivity index (χ3v) is 4.86. The lowest BCUT2D eigenvalue weighted by molar-refractivity contribution is 0.200. The van der Waals surface area contributed by atoms with Crippen molar-refractivity contribution >= 4 is 0 Å². The second-order valence-electron chi connectivity index (χ2n) is 6.05. The van der Waals surface area contributed by atoms with Gasteiger partial charge < -0.3 is 5.32 Å². The van der Waals surface area contributed by atoms with Crippen molar-refractivity contribution in [2.45, 2.75) is 57.2 Å². The highest BCUT2D eigenvalue weighted by molar-refractivity contribution is 4.93. The molecule has 0 amide bonds. The van der Waals surface area contributed by atoms with E-state index in [9.17, 15) is 0 Å². The lowest BCUT2D eigenvalue weighted by atomic mass is 10.1. The van der Waals surface area contributed by atoms with Gasteiger partial charge >= 0.3 is 0 Å². The number of nitrogens with one attached hydrogen (secondary N) is 1. The quantitative estimate of drug-likeness (QED) is 0.798. The van der Waals surface area contributed by atoms with Crippen molar-refractivity contribution in [2.75, 3.05) is 32.7 Å². The molecule has 98 valence electrons. The zero-order valence-corrected chi connectivity index (χ0v) is 11.2. The molecule has 3 rings (SSSR count). The van der Waals surface area contributed by atoms with E-state index < -0.39 is 0 Å². The largest absolute Gasteiger partial charge is 0.313 e. The Morgan fingerprint density at radius 3 is 2.53 bits per heavy atom. The zero-order chi connectivity index (χ0) is 11.7. The summed E-state index contributed by atoms with van der Waals surface area (Å²) in [6.45, 7) is 8.78. The Hall–Kier alpha value is -0.120. The Morgan fingerprint density at radius 2 is 1.76 bits per heavy atom. The van der Waals surface area contributed by atoms with Crippen molar-refractivity contribution in [3.63, 3.8) is 0 Å². The average Bonchev–Trinajstić information content (AvgIpc) is 3.13. The minimum absolute atomic E-state index is 0.765. The van der Waals surface area contributed by atoms with Gasteiger partial charge in [-0.2, -0.15) is 0 Å². The molecule has 2 saturated heterocycles. The SMILES string of the molecule is CCC1CCN(C2CCN(C3CC3)C2)CCN1. The Morgan fingerprint density at radius 1 is 0.941 bits per heavy atom. The summed E-state index contributed by atoms with van der Waals surface area (Å²) in [4.78, 5) is 5.49. The molecule has 3 aliphatic rings. The summed E-state index contributed by atoms with van der Waals surface area (Å²) in [6, 6.07) is 2.59. The summed E-state index contributed by atoms with van der Waals surface area (Å²) < 4.78 is 0. The molecule has 0 spiro atoms. The van der Waals surface area contributed by atoms with E-state index >= 15 is 0 Å². The molecule has 0 radical (unpaired) electrons. The molecule has 1 saturated carbocycles. The Balaban J connectivity index is 1.50. The number of rotatable bonds is 3. The summed E-state index contributed by atoms with van der Waals surface area (Å²) in [5, 5.41) is 3.68. The van der Waals surface area contributed by atoms with E-state index in [0.29, 0.717) is 0 Å². The van der Waals surface area contributed by atoms with Gasteiger partial charge in [-0.1, -0.05) is 6.92 Å². The molecule has 0 aromatic heterocycles. The maximum Gasteiger partial charge on any atom is 0.0236 e. The molecule has 2 aliphatic heterocycles. The molecule has 0 aromatic carbocycles. The third-order valence-electron chi connectivity index (χ3n) is 4.86. The van der Waals surface area contributed by atoms with Crippen LogP contribution in [0.4, 0.5) is 0 Å². The minimum atomic E-state index is 0.765. The molecule has 17 heavy (non-hydrogen) atoms. The van der Waals surface area contributed by atoms with Gasteiger partial charge in [0.2, 0.25) is 0 Å². The standard InChI is InChI=1S/C14H27N3/c1-2-12-5-8-16(10-7-15-12)14-6-9-17(11-14)13-3-4-13/h12-15H,2-11H2,1H3. The van der Waals surface area contributed by atoms with Crippen LogP contribution in [0.25, 0.3) is 0 Å². The van der Waals surface area contributed by atoms with Gasteiger partial charge in [0.1, 0.15) is 0 Å². The smallest absolute Gasteiger partial charge is 0.0236 e. The molecule has 3 heteroatoms. The fourth-order valence-electron chi connectivity index (χ4n) is 3.50. The molecular formula is C14H27N3. The summed E-state index contributed by atoms with van der Waals surface area (Å²) in [6.07, 6.45) is 6.97. The van der Waals surface area contributed by atoms with E-state index in [4.69, 9.17) is 0 Å². The van der Waals surface area contributed by atoms with Crippen LogP contribution < -0.4 is 5.32 Å². The Labute approximate surface area is 106 Å². The minimum Gasteiger partial charge on any atom is -0.313 e. The maximum absolute atomic E-state index is 3.68. The molecule has 2 unspecified atom stereocenters. The van der Waals surface area contributed by atoms with Crippen molar-refractivity contribution in [3.8, 4) is 0 Å². The van der Waals surface area contributed by atoms with Crippen molar-refractivity contribution < 1.29 is 0 Å². The molecule has 2 heterocycles. The fraction of sp³-hybridized carbons (Fsp3) is 1.00. The molecule has 0 aromatic rings. The monoisotopic (exact) mass is 237 g/mol. The first-order chi connectivity index (χ1) is 8.36. The van der Waals surface area contributed by atoms with E-state index in [1.54, 1.807) is 0 Å². The van der Waals surface area contributed by atoms with Gasteiger partial charge in [-0.3, -0.25) is 9.80 Å². The van der Waals surface area contributed by atoms with E-state index in [1.165, 1.54) is 64.8 Å². The van der Waals surface area contributed by atoms with Gasteiger partial charge in [-0.25, -0.2) is 0 Å². The number of nitrogens with zero attached hydrogens (tertiary/aromatic N) is 2. The molecule has 2 atom stereocenters. The van der Waals surface area contributed by atoms with E-state index in [0.717, 1.165) is 18.1 Å². The summed E-state index contributed by atoms with van der Waals surface area (Å²) in [5.74, 6) is 0. The van der Waals surface area contributed by atoms with Crippen LogP contribution in [0.5, 0.6) is 0 Å². The molecule has 3 fully saturated rings. The second kappa shape index (κ2) is 5.25. The molecule has 1 N–H and O–H groups in total. The normalized spacial score (nSPS) is 37.2. The Kier molecular flexibility index (Phi) is 3.69. The number of hydrogen-bond acceptors (Lipinski definition) is 3. The first-order valence-corrected chi connectivity index (χ1v) is 7.58.